The van der Waals surface area contributed by atoms with Gasteiger partial charge in [0.1, 0.15) is 11.5 Å². The molecule has 0 saturated heterocycles. The van der Waals surface area contributed by atoms with Gasteiger partial charge < -0.3 is 15.5 Å². The molecule has 0 fully saturated rings. The van der Waals surface area contributed by atoms with Crippen molar-refractivity contribution < 1.29 is 13.2 Å². The van der Waals surface area contributed by atoms with Crippen LogP contribution in [0, 0.1) is 0 Å². The standard InChI is InChI=1S/C13H21F3N4/c1-19(2)7-4-8-20(3)12-10(9-17)5-6-11(18-12)13(14,15)16/h5-6H,4,7-9,17H2,1-3H3. The smallest absolute Gasteiger partial charge is 0.359 e. The van der Waals surface area contributed by atoms with Gasteiger partial charge in [0, 0.05) is 25.7 Å². The van der Waals surface area contributed by atoms with E-state index in [9.17, 15) is 13.2 Å². The Labute approximate surface area is 117 Å². The van der Waals surface area contributed by atoms with E-state index >= 15 is 0 Å². The van der Waals surface area contributed by atoms with Crippen LogP contribution in [0.15, 0.2) is 12.1 Å². The summed E-state index contributed by atoms with van der Waals surface area (Å²) >= 11 is 0. The summed E-state index contributed by atoms with van der Waals surface area (Å²) in [5.74, 6) is 0.307. The third kappa shape index (κ3) is 4.64. The third-order valence-corrected chi connectivity index (χ3v) is 2.93. The highest BCUT2D eigenvalue weighted by atomic mass is 19.4. The molecule has 1 aromatic heterocycles. The normalized spacial score (nSPS) is 12.0. The summed E-state index contributed by atoms with van der Waals surface area (Å²) in [5, 5.41) is 0. The van der Waals surface area contributed by atoms with Crippen molar-refractivity contribution in [3.05, 3.63) is 23.4 Å². The molecule has 2 N–H and O–H groups in total. The van der Waals surface area contributed by atoms with Crippen LogP contribution in [-0.4, -0.2) is 44.1 Å². The number of hydrogen-bond acceptors (Lipinski definition) is 4. The van der Waals surface area contributed by atoms with Gasteiger partial charge in [-0.3, -0.25) is 0 Å². The Morgan fingerprint density at radius 3 is 2.30 bits per heavy atom. The molecule has 0 aliphatic rings. The van der Waals surface area contributed by atoms with Crippen LogP contribution in [0.5, 0.6) is 0 Å². The Hall–Kier alpha value is -1.34. The Morgan fingerprint density at radius 2 is 1.80 bits per heavy atom. The molecule has 4 nitrogen and oxygen atoms in total. The van der Waals surface area contributed by atoms with E-state index in [2.05, 4.69) is 4.98 Å². The fraction of sp³-hybridized carbons (Fsp3) is 0.615. The SMILES string of the molecule is CN(C)CCCN(C)c1nc(C(F)(F)F)ccc1CN. The van der Waals surface area contributed by atoms with E-state index in [1.165, 1.54) is 6.07 Å². The van der Waals surface area contributed by atoms with Crippen molar-refractivity contribution in [1.82, 2.24) is 9.88 Å². The Balaban J connectivity index is 2.90. The fourth-order valence-corrected chi connectivity index (χ4v) is 1.85. The number of hydrogen-bond donors (Lipinski definition) is 1. The minimum absolute atomic E-state index is 0.165. The van der Waals surface area contributed by atoms with Gasteiger partial charge in [-0.2, -0.15) is 13.2 Å². The molecule has 0 spiro atoms. The van der Waals surface area contributed by atoms with Crippen LogP contribution >= 0.6 is 0 Å². The lowest BCUT2D eigenvalue weighted by Crippen LogP contribution is -2.26. The molecule has 0 saturated carbocycles. The molecule has 0 unspecified atom stereocenters. The van der Waals surface area contributed by atoms with Crippen molar-refractivity contribution >= 4 is 5.82 Å². The van der Waals surface area contributed by atoms with Gasteiger partial charge in [0.05, 0.1) is 0 Å². The van der Waals surface area contributed by atoms with E-state index in [0.717, 1.165) is 19.0 Å². The molecule has 0 amide bonds. The molecule has 0 aromatic carbocycles. The average Bonchev–Trinajstić information content (AvgIpc) is 2.36. The Kier molecular flexibility index (Phi) is 5.76. The van der Waals surface area contributed by atoms with Gasteiger partial charge in [-0.25, -0.2) is 4.98 Å². The number of aromatic nitrogens is 1. The summed E-state index contributed by atoms with van der Waals surface area (Å²) in [6, 6.07) is 2.37. The number of pyridine rings is 1. The largest absolute Gasteiger partial charge is 0.433 e. The van der Waals surface area contributed by atoms with Gasteiger partial charge in [0.2, 0.25) is 0 Å². The highest BCUT2D eigenvalue weighted by Gasteiger charge is 2.33. The number of nitrogens with two attached hydrogens (primary N) is 1. The molecular formula is C13H21F3N4. The van der Waals surface area contributed by atoms with Crippen LogP contribution in [-0.2, 0) is 12.7 Å². The van der Waals surface area contributed by atoms with Crippen molar-refractivity contribution in [3.63, 3.8) is 0 Å². The lowest BCUT2D eigenvalue weighted by Gasteiger charge is -2.22. The molecule has 0 atom stereocenters. The molecule has 1 aromatic rings. The first-order chi connectivity index (χ1) is 9.25. The van der Waals surface area contributed by atoms with Crippen LogP contribution < -0.4 is 10.6 Å². The van der Waals surface area contributed by atoms with Gasteiger partial charge in [0.15, 0.2) is 0 Å². The molecule has 1 rings (SSSR count). The second-order valence-electron chi connectivity index (χ2n) is 4.96. The van der Waals surface area contributed by atoms with Crippen LogP contribution in [0.3, 0.4) is 0 Å². The van der Waals surface area contributed by atoms with Gasteiger partial charge in [0.25, 0.3) is 0 Å². The predicted molar refractivity (Wildman–Crippen MR) is 73.6 cm³/mol. The summed E-state index contributed by atoms with van der Waals surface area (Å²) in [5.41, 5.74) is 5.30. The van der Waals surface area contributed by atoms with Gasteiger partial charge >= 0.3 is 6.18 Å². The second-order valence-corrected chi connectivity index (χ2v) is 4.96. The maximum absolute atomic E-state index is 12.7. The van der Waals surface area contributed by atoms with Gasteiger partial charge in [-0.1, -0.05) is 6.07 Å². The second kappa shape index (κ2) is 6.90. The molecule has 7 heteroatoms. The summed E-state index contributed by atoms with van der Waals surface area (Å²) in [7, 11) is 5.64. The van der Waals surface area contributed by atoms with Crippen molar-refractivity contribution in [1.29, 1.82) is 0 Å². The highest BCUT2D eigenvalue weighted by Crippen LogP contribution is 2.30. The first-order valence-corrected chi connectivity index (χ1v) is 6.38. The molecule has 114 valence electrons. The van der Waals surface area contributed by atoms with E-state index in [1.54, 1.807) is 11.9 Å². The number of rotatable bonds is 6. The minimum atomic E-state index is -4.44. The van der Waals surface area contributed by atoms with Crippen LogP contribution in [0.1, 0.15) is 17.7 Å². The molecular weight excluding hydrogens is 269 g/mol. The topological polar surface area (TPSA) is 45.4 Å². The third-order valence-electron chi connectivity index (χ3n) is 2.93. The zero-order valence-electron chi connectivity index (χ0n) is 12.0. The monoisotopic (exact) mass is 290 g/mol. The van der Waals surface area contributed by atoms with E-state index in [4.69, 9.17) is 5.73 Å². The van der Waals surface area contributed by atoms with E-state index in [-0.39, 0.29) is 6.54 Å². The predicted octanol–water partition coefficient (Wildman–Crippen LogP) is 1.95. The molecule has 0 aliphatic heterocycles. The summed E-state index contributed by atoms with van der Waals surface area (Å²) in [4.78, 5) is 7.47. The average molecular weight is 290 g/mol. The van der Waals surface area contributed by atoms with Crippen LogP contribution in [0.25, 0.3) is 0 Å². The van der Waals surface area contributed by atoms with E-state index in [1.807, 2.05) is 19.0 Å². The quantitative estimate of drug-likeness (QED) is 0.870. The van der Waals surface area contributed by atoms with E-state index < -0.39 is 11.9 Å². The zero-order valence-corrected chi connectivity index (χ0v) is 12.0. The molecule has 1 heterocycles. The fourth-order valence-electron chi connectivity index (χ4n) is 1.85. The molecule has 0 bridgehead atoms. The first-order valence-electron chi connectivity index (χ1n) is 6.38. The maximum Gasteiger partial charge on any atom is 0.433 e. The van der Waals surface area contributed by atoms with Crippen molar-refractivity contribution in [3.8, 4) is 0 Å². The first kappa shape index (κ1) is 16.7. The number of halogens is 3. The van der Waals surface area contributed by atoms with Crippen molar-refractivity contribution in [2.75, 3.05) is 39.1 Å². The Bertz CT molecular complexity index is 432. The minimum Gasteiger partial charge on any atom is -0.359 e. The number of nitrogens with zero attached hydrogens (tertiary/aromatic N) is 3. The number of alkyl halides is 3. The van der Waals surface area contributed by atoms with E-state index in [0.29, 0.717) is 17.9 Å². The maximum atomic E-state index is 12.7. The molecule has 0 radical (unpaired) electrons. The molecule has 20 heavy (non-hydrogen) atoms. The number of anilines is 1. The lowest BCUT2D eigenvalue weighted by atomic mass is 10.2. The van der Waals surface area contributed by atoms with Gasteiger partial charge in [-0.15, -0.1) is 0 Å². The zero-order chi connectivity index (χ0) is 15.3. The van der Waals surface area contributed by atoms with Crippen LogP contribution in [0.2, 0.25) is 0 Å². The molecule has 0 aliphatic carbocycles. The summed E-state index contributed by atoms with van der Waals surface area (Å²) < 4.78 is 38.1. The Morgan fingerprint density at radius 1 is 1.15 bits per heavy atom. The van der Waals surface area contributed by atoms with Gasteiger partial charge in [-0.05, 0) is 33.1 Å². The highest BCUT2D eigenvalue weighted by molar-refractivity contribution is 5.47. The van der Waals surface area contributed by atoms with Crippen molar-refractivity contribution in [2.24, 2.45) is 5.73 Å². The summed E-state index contributed by atoms with van der Waals surface area (Å²) in [6.07, 6.45) is -3.60. The van der Waals surface area contributed by atoms with Crippen LogP contribution in [0.4, 0.5) is 19.0 Å². The van der Waals surface area contributed by atoms with Crippen molar-refractivity contribution in [2.45, 2.75) is 19.1 Å². The lowest BCUT2D eigenvalue weighted by molar-refractivity contribution is -0.141. The summed E-state index contributed by atoms with van der Waals surface area (Å²) in [6.45, 7) is 1.65.